The molecule has 0 bridgehead atoms. The van der Waals surface area contributed by atoms with Crippen molar-refractivity contribution in [1.29, 1.82) is 0 Å². The van der Waals surface area contributed by atoms with Crippen molar-refractivity contribution in [2.24, 2.45) is 0 Å². The van der Waals surface area contributed by atoms with Gasteiger partial charge in [0.1, 0.15) is 0 Å². The highest BCUT2D eigenvalue weighted by Gasteiger charge is 2.19. The first-order chi connectivity index (χ1) is 17.6. The number of hydrogen-bond donors (Lipinski definition) is 2. The molecule has 4 nitrogen and oxygen atoms in total. The molecule has 36 heavy (non-hydrogen) atoms. The van der Waals surface area contributed by atoms with E-state index in [4.69, 9.17) is 0 Å². The van der Waals surface area contributed by atoms with Gasteiger partial charge in [-0.2, -0.15) is 0 Å². The fraction of sp³-hybridized carbons (Fsp3) is 0.100. The summed E-state index contributed by atoms with van der Waals surface area (Å²) in [5.74, 6) is -0.280. The van der Waals surface area contributed by atoms with Gasteiger partial charge >= 0.3 is 0 Å². The molecule has 182 valence electrons. The Morgan fingerprint density at radius 2 is 1.33 bits per heavy atom. The summed E-state index contributed by atoms with van der Waals surface area (Å²) in [5, 5.41) is 13.3. The third-order valence-electron chi connectivity index (χ3n) is 5.37. The Kier molecular flexibility index (Phi) is 9.14. The van der Waals surface area contributed by atoms with Crippen LogP contribution in [0.4, 0.5) is 11.4 Å². The first kappa shape index (κ1) is 25.5. The lowest BCUT2D eigenvalue weighted by atomic mass is 10.2. The number of aliphatic hydroxyl groups excluding tert-OH is 1. The number of benzene rings is 4. The number of nitrogens with zero attached hydrogens (tertiary/aromatic N) is 1. The molecule has 0 aliphatic heterocycles. The summed E-state index contributed by atoms with van der Waals surface area (Å²) >= 11 is 0. The normalized spacial score (nSPS) is 11.2. The molecule has 0 aromatic heterocycles. The summed E-state index contributed by atoms with van der Waals surface area (Å²) in [6.07, 6.45) is 1.26. The van der Waals surface area contributed by atoms with Crippen LogP contribution in [0.25, 0.3) is 0 Å². The number of hydrogen-bond acceptors (Lipinski definition) is 5. The minimum Gasteiger partial charge on any atom is -0.512 e. The zero-order valence-electron chi connectivity index (χ0n) is 20.0. The quantitative estimate of drug-likeness (QED) is 0.128. The van der Waals surface area contributed by atoms with Gasteiger partial charge in [0, 0.05) is 28.1 Å². The van der Waals surface area contributed by atoms with Crippen LogP contribution in [0.3, 0.4) is 0 Å². The smallest absolute Gasteiger partial charge is 0.254 e. The number of para-hydroxylation sites is 2. The van der Waals surface area contributed by atoms with Gasteiger partial charge in [-0.25, -0.2) is 0 Å². The van der Waals surface area contributed by atoms with Crippen molar-refractivity contribution in [3.63, 3.8) is 0 Å². The zero-order chi connectivity index (χ0) is 25.2. The van der Waals surface area contributed by atoms with Gasteiger partial charge in [0.2, 0.25) is 0 Å². The molecule has 0 spiro atoms. The third-order valence-corrected chi connectivity index (χ3v) is 7.84. The SMILES string of the molecule is C/C(O)=C/C(=O)N(Cc1ccccc1)c1ccccc1SSc1ccccc1NCc1ccccc1. The van der Waals surface area contributed by atoms with E-state index in [0.717, 1.165) is 33.3 Å². The Labute approximate surface area is 220 Å². The predicted octanol–water partition coefficient (Wildman–Crippen LogP) is 8.09. The number of rotatable bonds is 10. The van der Waals surface area contributed by atoms with Crippen molar-refractivity contribution in [1.82, 2.24) is 0 Å². The summed E-state index contributed by atoms with van der Waals surface area (Å²) in [6.45, 7) is 2.65. The number of carbonyl (C=O) groups excluding carboxylic acids is 1. The maximum absolute atomic E-state index is 13.1. The molecular formula is C30H28N2O2S2. The molecule has 0 aliphatic carbocycles. The lowest BCUT2D eigenvalue weighted by molar-refractivity contribution is -0.114. The van der Waals surface area contributed by atoms with Crippen LogP contribution in [0.2, 0.25) is 0 Å². The van der Waals surface area contributed by atoms with E-state index in [-0.39, 0.29) is 11.7 Å². The number of amides is 1. The van der Waals surface area contributed by atoms with Gasteiger partial charge < -0.3 is 15.3 Å². The highest BCUT2D eigenvalue weighted by molar-refractivity contribution is 8.76. The summed E-state index contributed by atoms with van der Waals surface area (Å²) < 4.78 is 0. The van der Waals surface area contributed by atoms with E-state index in [9.17, 15) is 9.90 Å². The molecule has 0 fully saturated rings. The Balaban J connectivity index is 1.55. The van der Waals surface area contributed by atoms with E-state index in [2.05, 4.69) is 29.6 Å². The van der Waals surface area contributed by atoms with E-state index >= 15 is 0 Å². The van der Waals surface area contributed by atoms with Crippen LogP contribution in [0.5, 0.6) is 0 Å². The summed E-state index contributed by atoms with van der Waals surface area (Å²) in [6, 6.07) is 36.3. The zero-order valence-corrected chi connectivity index (χ0v) is 21.6. The molecule has 0 heterocycles. The molecule has 0 aliphatic rings. The molecule has 0 radical (unpaired) electrons. The van der Waals surface area contributed by atoms with E-state index < -0.39 is 0 Å². The largest absolute Gasteiger partial charge is 0.512 e. The molecule has 0 atom stereocenters. The van der Waals surface area contributed by atoms with Gasteiger partial charge in [0.05, 0.1) is 18.0 Å². The number of aliphatic hydroxyl groups is 1. The predicted molar refractivity (Wildman–Crippen MR) is 152 cm³/mol. The standard InChI is InChI=1S/C30H28N2O2S2/c1-23(33)20-30(34)32(22-25-14-6-3-7-15-25)27-17-9-11-19-29(27)36-35-28-18-10-8-16-26(28)31-21-24-12-4-2-5-13-24/h2-20,31,33H,21-22H2,1H3/b23-20-. The van der Waals surface area contributed by atoms with Crippen LogP contribution in [0, 0.1) is 0 Å². The van der Waals surface area contributed by atoms with Crippen LogP contribution < -0.4 is 10.2 Å². The second-order valence-corrected chi connectivity index (χ2v) is 10.4. The van der Waals surface area contributed by atoms with Gasteiger partial charge in [-0.05, 0) is 42.3 Å². The topological polar surface area (TPSA) is 52.6 Å². The number of allylic oxidation sites excluding steroid dienone is 1. The molecule has 4 rings (SSSR count). The minimum atomic E-state index is -0.262. The van der Waals surface area contributed by atoms with Gasteiger partial charge in [-0.15, -0.1) is 0 Å². The second kappa shape index (κ2) is 12.9. The van der Waals surface area contributed by atoms with Gasteiger partial charge in [0.25, 0.3) is 5.91 Å². The summed E-state index contributed by atoms with van der Waals surface area (Å²) in [7, 11) is 3.26. The first-order valence-electron chi connectivity index (χ1n) is 11.6. The highest BCUT2D eigenvalue weighted by atomic mass is 33.1. The molecule has 6 heteroatoms. The molecule has 4 aromatic carbocycles. The lowest BCUT2D eigenvalue weighted by Gasteiger charge is -2.24. The average molecular weight is 513 g/mol. The third kappa shape index (κ3) is 7.20. The number of carbonyl (C=O) groups is 1. The summed E-state index contributed by atoms with van der Waals surface area (Å²) in [4.78, 5) is 16.9. The Hall–Kier alpha value is -3.61. The molecule has 0 unspecified atom stereocenters. The molecule has 0 saturated carbocycles. The van der Waals surface area contributed by atoms with Gasteiger partial charge in [-0.3, -0.25) is 4.79 Å². The van der Waals surface area contributed by atoms with E-state index in [1.54, 1.807) is 26.5 Å². The van der Waals surface area contributed by atoms with Crippen molar-refractivity contribution in [3.05, 3.63) is 132 Å². The van der Waals surface area contributed by atoms with Crippen LogP contribution in [-0.4, -0.2) is 11.0 Å². The Morgan fingerprint density at radius 3 is 2.03 bits per heavy atom. The Morgan fingerprint density at radius 1 is 0.778 bits per heavy atom. The highest BCUT2D eigenvalue weighted by Crippen LogP contribution is 2.44. The monoisotopic (exact) mass is 512 g/mol. The first-order valence-corrected chi connectivity index (χ1v) is 13.8. The molecule has 0 saturated heterocycles. The van der Waals surface area contributed by atoms with Gasteiger partial charge in [-0.1, -0.05) is 107 Å². The van der Waals surface area contributed by atoms with Crippen molar-refractivity contribution in [3.8, 4) is 0 Å². The van der Waals surface area contributed by atoms with Crippen LogP contribution in [0.15, 0.2) is 131 Å². The van der Waals surface area contributed by atoms with E-state index in [1.165, 1.54) is 18.6 Å². The molecule has 4 aromatic rings. The van der Waals surface area contributed by atoms with Crippen molar-refractivity contribution in [2.45, 2.75) is 29.8 Å². The Bertz CT molecular complexity index is 1310. The maximum atomic E-state index is 13.1. The number of anilines is 2. The van der Waals surface area contributed by atoms with Crippen molar-refractivity contribution >= 4 is 38.9 Å². The van der Waals surface area contributed by atoms with Gasteiger partial charge in [0.15, 0.2) is 0 Å². The van der Waals surface area contributed by atoms with Crippen LogP contribution in [0.1, 0.15) is 18.1 Å². The second-order valence-electron chi connectivity index (χ2n) is 8.17. The fourth-order valence-corrected chi connectivity index (χ4v) is 5.96. The lowest BCUT2D eigenvalue weighted by Crippen LogP contribution is -2.29. The van der Waals surface area contributed by atoms with E-state index in [1.807, 2.05) is 84.9 Å². The van der Waals surface area contributed by atoms with Crippen molar-refractivity contribution < 1.29 is 9.90 Å². The van der Waals surface area contributed by atoms with Crippen LogP contribution >= 0.6 is 21.6 Å². The number of nitrogens with one attached hydrogen (secondary N) is 1. The summed E-state index contributed by atoms with van der Waals surface area (Å²) in [5.41, 5.74) is 4.10. The molecular weight excluding hydrogens is 484 g/mol. The average Bonchev–Trinajstić information content (AvgIpc) is 2.91. The fourth-order valence-electron chi connectivity index (χ4n) is 3.62. The van der Waals surface area contributed by atoms with Crippen LogP contribution in [-0.2, 0) is 17.9 Å². The molecule has 1 amide bonds. The minimum absolute atomic E-state index is 0.0176. The maximum Gasteiger partial charge on any atom is 0.254 e. The molecule has 2 N–H and O–H groups in total. The van der Waals surface area contributed by atoms with E-state index in [0.29, 0.717) is 6.54 Å². The van der Waals surface area contributed by atoms with Crippen molar-refractivity contribution in [2.75, 3.05) is 10.2 Å².